The third kappa shape index (κ3) is 4.17. The zero-order valence-electron chi connectivity index (χ0n) is 12.0. The molecule has 1 aromatic carbocycles. The molecule has 6 nitrogen and oxygen atoms in total. The number of benzene rings is 1. The van der Waals surface area contributed by atoms with Crippen LogP contribution in [-0.4, -0.2) is 22.0 Å². The molecule has 0 aliphatic rings. The van der Waals surface area contributed by atoms with E-state index in [0.29, 0.717) is 11.4 Å². The second kappa shape index (κ2) is 6.69. The Kier molecular flexibility index (Phi) is 4.71. The molecule has 0 fully saturated rings. The van der Waals surface area contributed by atoms with E-state index in [-0.39, 0.29) is 23.5 Å². The zero-order chi connectivity index (χ0) is 15.2. The molecule has 1 atom stereocenters. The fraction of sp³-hybridized carbons (Fsp3) is 0.267. The Hall–Kier alpha value is -2.63. The van der Waals surface area contributed by atoms with Crippen LogP contribution in [0.1, 0.15) is 30.8 Å². The third-order valence-electron chi connectivity index (χ3n) is 2.91. The van der Waals surface area contributed by atoms with Crippen molar-refractivity contribution in [1.82, 2.24) is 9.97 Å². The van der Waals surface area contributed by atoms with E-state index in [0.717, 1.165) is 6.42 Å². The van der Waals surface area contributed by atoms with E-state index in [4.69, 9.17) is 10.5 Å². The van der Waals surface area contributed by atoms with E-state index >= 15 is 0 Å². The number of anilines is 2. The minimum Gasteiger partial charge on any atom is -0.491 e. The van der Waals surface area contributed by atoms with Gasteiger partial charge >= 0.3 is 0 Å². The average molecular weight is 286 g/mol. The standard InChI is InChI=1S/C15H18N4O2/c1-3-10(2)21-12-6-4-5-11(7-12)19-15(20)13-8-18-14(16)9-17-13/h4-10H,3H2,1-2H3,(H2,16,18)(H,19,20). The van der Waals surface area contributed by atoms with Gasteiger partial charge < -0.3 is 15.8 Å². The van der Waals surface area contributed by atoms with Crippen molar-refractivity contribution in [2.45, 2.75) is 26.4 Å². The quantitative estimate of drug-likeness (QED) is 0.881. The zero-order valence-corrected chi connectivity index (χ0v) is 12.0. The third-order valence-corrected chi connectivity index (χ3v) is 2.91. The maximum Gasteiger partial charge on any atom is 0.275 e. The SMILES string of the molecule is CCC(C)Oc1cccc(NC(=O)c2cnc(N)cn2)c1. The minimum absolute atomic E-state index is 0.124. The summed E-state index contributed by atoms with van der Waals surface area (Å²) in [6, 6.07) is 7.23. The van der Waals surface area contributed by atoms with Gasteiger partial charge in [-0.1, -0.05) is 13.0 Å². The lowest BCUT2D eigenvalue weighted by molar-refractivity contribution is 0.102. The maximum atomic E-state index is 12.0. The largest absolute Gasteiger partial charge is 0.491 e. The lowest BCUT2D eigenvalue weighted by atomic mass is 10.2. The Morgan fingerprint density at radius 3 is 2.86 bits per heavy atom. The van der Waals surface area contributed by atoms with Crippen molar-refractivity contribution < 1.29 is 9.53 Å². The molecule has 0 saturated carbocycles. The Labute approximate surface area is 123 Å². The van der Waals surface area contributed by atoms with Gasteiger partial charge in [-0.05, 0) is 25.5 Å². The van der Waals surface area contributed by atoms with Gasteiger partial charge in [-0.2, -0.15) is 0 Å². The minimum atomic E-state index is -0.344. The molecule has 1 aromatic heterocycles. The average Bonchev–Trinajstić information content (AvgIpc) is 2.48. The summed E-state index contributed by atoms with van der Waals surface area (Å²) in [5.41, 5.74) is 6.28. The summed E-state index contributed by atoms with van der Waals surface area (Å²) in [6.45, 7) is 4.05. The number of rotatable bonds is 5. The second-order valence-corrected chi connectivity index (χ2v) is 4.65. The molecular formula is C15H18N4O2. The van der Waals surface area contributed by atoms with Gasteiger partial charge in [-0.25, -0.2) is 9.97 Å². The number of carbonyl (C=O) groups excluding carboxylic acids is 1. The van der Waals surface area contributed by atoms with E-state index in [1.807, 2.05) is 19.1 Å². The Bertz CT molecular complexity index is 613. The van der Waals surface area contributed by atoms with Gasteiger partial charge in [0.2, 0.25) is 0 Å². The van der Waals surface area contributed by atoms with E-state index in [1.54, 1.807) is 12.1 Å². The molecule has 2 aromatic rings. The molecule has 0 aliphatic carbocycles. The Morgan fingerprint density at radius 1 is 1.38 bits per heavy atom. The highest BCUT2D eigenvalue weighted by Gasteiger charge is 2.09. The first-order chi connectivity index (χ1) is 10.1. The smallest absolute Gasteiger partial charge is 0.275 e. The van der Waals surface area contributed by atoms with Crippen molar-refractivity contribution in [3.63, 3.8) is 0 Å². The van der Waals surface area contributed by atoms with E-state index in [1.165, 1.54) is 12.4 Å². The topological polar surface area (TPSA) is 90.1 Å². The second-order valence-electron chi connectivity index (χ2n) is 4.65. The van der Waals surface area contributed by atoms with Crippen molar-refractivity contribution in [3.05, 3.63) is 42.4 Å². The summed E-state index contributed by atoms with van der Waals surface area (Å²) in [5.74, 6) is 0.643. The fourth-order valence-corrected chi connectivity index (χ4v) is 1.61. The van der Waals surface area contributed by atoms with Crippen molar-refractivity contribution in [2.75, 3.05) is 11.1 Å². The number of ether oxygens (including phenoxy) is 1. The first kappa shape index (κ1) is 14.8. The number of carbonyl (C=O) groups is 1. The maximum absolute atomic E-state index is 12.0. The molecule has 1 heterocycles. The molecule has 1 amide bonds. The number of hydrogen-bond acceptors (Lipinski definition) is 5. The highest BCUT2D eigenvalue weighted by Crippen LogP contribution is 2.19. The molecule has 0 spiro atoms. The van der Waals surface area contributed by atoms with Gasteiger partial charge in [0.05, 0.1) is 18.5 Å². The summed E-state index contributed by atoms with van der Waals surface area (Å²) in [5, 5.41) is 2.75. The van der Waals surface area contributed by atoms with Crippen molar-refractivity contribution in [3.8, 4) is 5.75 Å². The van der Waals surface area contributed by atoms with Crippen LogP contribution in [0.25, 0.3) is 0 Å². The van der Waals surface area contributed by atoms with E-state index < -0.39 is 0 Å². The van der Waals surface area contributed by atoms with Gasteiger partial charge in [-0.15, -0.1) is 0 Å². The first-order valence-corrected chi connectivity index (χ1v) is 6.74. The Balaban J connectivity index is 2.07. The number of nitrogens with zero attached hydrogens (tertiary/aromatic N) is 2. The lowest BCUT2D eigenvalue weighted by Gasteiger charge is -2.13. The van der Waals surface area contributed by atoms with Crippen LogP contribution in [0.2, 0.25) is 0 Å². The van der Waals surface area contributed by atoms with Crippen molar-refractivity contribution in [2.24, 2.45) is 0 Å². The van der Waals surface area contributed by atoms with Crippen molar-refractivity contribution >= 4 is 17.4 Å². The van der Waals surface area contributed by atoms with Gasteiger partial charge in [0.15, 0.2) is 0 Å². The van der Waals surface area contributed by atoms with Gasteiger partial charge in [-0.3, -0.25) is 4.79 Å². The number of nitrogen functional groups attached to an aromatic ring is 1. The molecule has 6 heteroatoms. The van der Waals surface area contributed by atoms with Crippen LogP contribution in [0, 0.1) is 0 Å². The molecule has 0 bridgehead atoms. The molecule has 0 saturated heterocycles. The lowest BCUT2D eigenvalue weighted by Crippen LogP contribution is -2.15. The normalized spacial score (nSPS) is 11.7. The fourth-order valence-electron chi connectivity index (χ4n) is 1.61. The van der Waals surface area contributed by atoms with E-state index in [2.05, 4.69) is 22.2 Å². The Morgan fingerprint density at radius 2 is 2.19 bits per heavy atom. The summed E-state index contributed by atoms with van der Waals surface area (Å²) in [7, 11) is 0. The monoisotopic (exact) mass is 286 g/mol. The van der Waals surface area contributed by atoms with Gasteiger partial charge in [0, 0.05) is 11.8 Å². The van der Waals surface area contributed by atoms with Crippen molar-refractivity contribution in [1.29, 1.82) is 0 Å². The molecule has 110 valence electrons. The van der Waals surface area contributed by atoms with Crippen LogP contribution in [0.3, 0.4) is 0 Å². The summed E-state index contributed by atoms with van der Waals surface area (Å²) in [4.78, 5) is 19.8. The molecule has 1 unspecified atom stereocenters. The first-order valence-electron chi connectivity index (χ1n) is 6.74. The number of hydrogen-bond donors (Lipinski definition) is 2. The molecule has 21 heavy (non-hydrogen) atoms. The molecule has 0 aliphatic heterocycles. The number of nitrogens with one attached hydrogen (secondary N) is 1. The number of amides is 1. The van der Waals surface area contributed by atoms with Crippen LogP contribution in [0.15, 0.2) is 36.7 Å². The number of aromatic nitrogens is 2. The highest BCUT2D eigenvalue weighted by molar-refractivity contribution is 6.02. The van der Waals surface area contributed by atoms with Crippen LogP contribution < -0.4 is 15.8 Å². The van der Waals surface area contributed by atoms with E-state index in [9.17, 15) is 4.79 Å². The number of nitrogens with two attached hydrogens (primary N) is 1. The highest BCUT2D eigenvalue weighted by atomic mass is 16.5. The molecule has 2 rings (SSSR count). The summed E-state index contributed by atoms with van der Waals surface area (Å²) in [6.07, 6.45) is 3.72. The van der Waals surface area contributed by atoms with Crippen LogP contribution in [0.5, 0.6) is 5.75 Å². The molecule has 3 N–H and O–H groups in total. The van der Waals surface area contributed by atoms with Crippen LogP contribution >= 0.6 is 0 Å². The van der Waals surface area contributed by atoms with Crippen LogP contribution in [-0.2, 0) is 0 Å². The van der Waals surface area contributed by atoms with Crippen LogP contribution in [0.4, 0.5) is 11.5 Å². The predicted molar refractivity (Wildman–Crippen MR) is 81.2 cm³/mol. The van der Waals surface area contributed by atoms with Gasteiger partial charge in [0.1, 0.15) is 17.3 Å². The predicted octanol–water partition coefficient (Wildman–Crippen LogP) is 2.49. The summed E-state index contributed by atoms with van der Waals surface area (Å²) < 4.78 is 5.71. The molecular weight excluding hydrogens is 268 g/mol. The molecule has 0 radical (unpaired) electrons. The van der Waals surface area contributed by atoms with Gasteiger partial charge in [0.25, 0.3) is 5.91 Å². The summed E-state index contributed by atoms with van der Waals surface area (Å²) >= 11 is 0.